The van der Waals surface area contributed by atoms with Crippen LogP contribution in [0.4, 0.5) is 13.2 Å². The Morgan fingerprint density at radius 2 is 1.94 bits per heavy atom. The molecular formula is C26H30F3NO3. The summed E-state index contributed by atoms with van der Waals surface area (Å²) in [6, 6.07) is 2.98. The maximum atomic E-state index is 14.6. The first-order valence-electron chi connectivity index (χ1n) is 11.5. The van der Waals surface area contributed by atoms with E-state index in [1.54, 1.807) is 17.1 Å². The summed E-state index contributed by atoms with van der Waals surface area (Å²) in [5, 5.41) is 0. The highest BCUT2D eigenvalue weighted by atomic mass is 19.1. The Kier molecular flexibility index (Phi) is 6.82. The van der Waals surface area contributed by atoms with Gasteiger partial charge in [0.15, 0.2) is 5.60 Å². The van der Waals surface area contributed by atoms with Gasteiger partial charge in [0.05, 0.1) is 18.8 Å². The van der Waals surface area contributed by atoms with Gasteiger partial charge in [-0.25, -0.2) is 13.2 Å². The zero-order valence-corrected chi connectivity index (χ0v) is 19.2. The molecule has 1 amide bonds. The Labute approximate surface area is 192 Å². The monoisotopic (exact) mass is 461 g/mol. The fraction of sp³-hybridized carbons (Fsp3) is 0.500. The molecule has 178 valence electrons. The molecule has 0 radical (unpaired) electrons. The van der Waals surface area contributed by atoms with E-state index in [-0.39, 0.29) is 24.4 Å². The van der Waals surface area contributed by atoms with Crippen molar-refractivity contribution >= 4 is 5.91 Å². The first-order valence-corrected chi connectivity index (χ1v) is 11.5. The lowest BCUT2D eigenvalue weighted by atomic mass is 9.76. The van der Waals surface area contributed by atoms with Crippen LogP contribution in [0.3, 0.4) is 0 Å². The van der Waals surface area contributed by atoms with E-state index in [1.807, 2.05) is 20.8 Å². The van der Waals surface area contributed by atoms with Gasteiger partial charge < -0.3 is 14.4 Å². The van der Waals surface area contributed by atoms with E-state index < -0.39 is 29.5 Å². The molecule has 2 aliphatic heterocycles. The normalized spacial score (nSPS) is 30.2. The summed E-state index contributed by atoms with van der Waals surface area (Å²) < 4.78 is 54.1. The number of carbonyl (C=O) groups excluding carboxylic acids is 1. The zero-order chi connectivity index (χ0) is 23.8. The van der Waals surface area contributed by atoms with Crippen molar-refractivity contribution < 1.29 is 27.4 Å². The molecule has 0 aromatic heterocycles. The molecule has 3 aliphatic rings. The van der Waals surface area contributed by atoms with Crippen molar-refractivity contribution in [2.45, 2.75) is 76.9 Å². The van der Waals surface area contributed by atoms with Crippen LogP contribution in [0.1, 0.15) is 64.5 Å². The third-order valence-electron chi connectivity index (χ3n) is 6.94. The lowest BCUT2D eigenvalue weighted by Gasteiger charge is -2.42. The summed E-state index contributed by atoms with van der Waals surface area (Å²) >= 11 is 0. The van der Waals surface area contributed by atoms with Gasteiger partial charge in [0.1, 0.15) is 23.7 Å². The average Bonchev–Trinajstić information content (AvgIpc) is 3.29. The maximum absolute atomic E-state index is 14.6. The molecular weight excluding hydrogens is 431 g/mol. The van der Waals surface area contributed by atoms with Crippen LogP contribution in [-0.2, 0) is 14.3 Å². The Balaban J connectivity index is 1.41. The second kappa shape index (κ2) is 9.47. The Morgan fingerprint density at radius 1 is 1.24 bits per heavy atom. The predicted molar refractivity (Wildman–Crippen MR) is 119 cm³/mol. The first kappa shape index (κ1) is 23.8. The molecule has 1 aromatic carbocycles. The number of allylic oxidation sites excluding steroid dienone is 4. The smallest absolute Gasteiger partial charge is 0.257 e. The van der Waals surface area contributed by atoms with Gasteiger partial charge in [-0.1, -0.05) is 24.6 Å². The Bertz CT molecular complexity index is 990. The fourth-order valence-corrected chi connectivity index (χ4v) is 4.96. The highest BCUT2D eigenvalue weighted by Gasteiger charge is 2.63. The number of nitrogens with zero attached hydrogens (tertiary/aromatic N) is 1. The molecule has 1 aromatic rings. The van der Waals surface area contributed by atoms with Crippen molar-refractivity contribution in [3.05, 3.63) is 70.6 Å². The minimum atomic E-state index is -0.955. The largest absolute Gasteiger partial charge is 0.373 e. The van der Waals surface area contributed by atoms with Crippen LogP contribution in [0.5, 0.6) is 0 Å². The molecule has 3 fully saturated rings. The summed E-state index contributed by atoms with van der Waals surface area (Å²) in [5.74, 6) is -1.79. The molecule has 1 spiro atoms. The number of carbonyl (C=O) groups is 1. The fourth-order valence-electron chi connectivity index (χ4n) is 4.96. The van der Waals surface area contributed by atoms with E-state index in [0.29, 0.717) is 43.2 Å². The second-order valence-electron chi connectivity index (χ2n) is 9.07. The van der Waals surface area contributed by atoms with E-state index in [0.717, 1.165) is 11.6 Å². The van der Waals surface area contributed by atoms with Crippen LogP contribution in [0, 0.1) is 11.6 Å². The summed E-state index contributed by atoms with van der Waals surface area (Å²) in [6.07, 6.45) is 6.93. The van der Waals surface area contributed by atoms with Crippen molar-refractivity contribution in [2.24, 2.45) is 0 Å². The number of hydrogen-bond acceptors (Lipinski definition) is 3. The van der Waals surface area contributed by atoms with Crippen molar-refractivity contribution in [1.82, 2.24) is 4.90 Å². The van der Waals surface area contributed by atoms with Crippen LogP contribution in [0.15, 0.2) is 53.4 Å². The molecule has 0 bridgehead atoms. The lowest BCUT2D eigenvalue weighted by molar-refractivity contribution is -0.173. The lowest BCUT2D eigenvalue weighted by Crippen LogP contribution is -2.55. The highest BCUT2D eigenvalue weighted by Crippen LogP contribution is 2.52. The number of ether oxygens (including phenoxy) is 2. The molecule has 0 N–H and O–H groups in total. The van der Waals surface area contributed by atoms with Gasteiger partial charge in [-0.2, -0.15) is 0 Å². The number of hydrogen-bond donors (Lipinski definition) is 0. The van der Waals surface area contributed by atoms with Crippen LogP contribution in [0.25, 0.3) is 0 Å². The standard InChI is InChI=1S/C26H30F3NO3/c1-4-6-7-22(29)21(16(3)5-2)15-32-20-13-26(14-20)25(31)30-23(8-9-24(30)33-26)17-10-18(27)12-19(28)11-17/h4,6-7,10-12,20,23-24H,5,8-9,13-15H2,1-3H3/b6-4-,21-16?,22-7+. The van der Waals surface area contributed by atoms with E-state index >= 15 is 0 Å². The summed E-state index contributed by atoms with van der Waals surface area (Å²) in [6.45, 7) is 5.81. The van der Waals surface area contributed by atoms with Crippen LogP contribution >= 0.6 is 0 Å². The molecule has 7 heteroatoms. The second-order valence-corrected chi connectivity index (χ2v) is 9.07. The predicted octanol–water partition coefficient (Wildman–Crippen LogP) is 6.06. The van der Waals surface area contributed by atoms with Crippen molar-refractivity contribution in [1.29, 1.82) is 0 Å². The van der Waals surface area contributed by atoms with Crippen LogP contribution in [0.2, 0.25) is 0 Å². The van der Waals surface area contributed by atoms with Crippen LogP contribution in [-0.4, -0.2) is 35.3 Å². The van der Waals surface area contributed by atoms with Crippen molar-refractivity contribution in [3.63, 3.8) is 0 Å². The quantitative estimate of drug-likeness (QED) is 0.464. The van der Waals surface area contributed by atoms with Gasteiger partial charge in [-0.3, -0.25) is 4.79 Å². The summed E-state index contributed by atoms with van der Waals surface area (Å²) in [4.78, 5) is 14.9. The van der Waals surface area contributed by atoms with E-state index in [9.17, 15) is 18.0 Å². The van der Waals surface area contributed by atoms with Crippen molar-refractivity contribution in [2.75, 3.05) is 6.61 Å². The number of benzene rings is 1. The van der Waals surface area contributed by atoms with Gasteiger partial charge in [0, 0.05) is 24.5 Å². The van der Waals surface area contributed by atoms with E-state index in [2.05, 4.69) is 0 Å². The maximum Gasteiger partial charge on any atom is 0.257 e. The summed E-state index contributed by atoms with van der Waals surface area (Å²) in [7, 11) is 0. The third-order valence-corrected chi connectivity index (χ3v) is 6.94. The van der Waals surface area contributed by atoms with Gasteiger partial charge in [0.25, 0.3) is 5.91 Å². The summed E-state index contributed by atoms with van der Waals surface area (Å²) in [5.41, 5.74) is 0.942. The molecule has 2 heterocycles. The Hall–Kier alpha value is -2.38. The minimum absolute atomic E-state index is 0.132. The average molecular weight is 462 g/mol. The number of fused-ring (bicyclic) bond motifs is 1. The van der Waals surface area contributed by atoms with Gasteiger partial charge in [-0.15, -0.1) is 0 Å². The van der Waals surface area contributed by atoms with Gasteiger partial charge in [0.2, 0.25) is 0 Å². The van der Waals surface area contributed by atoms with Gasteiger partial charge in [-0.05, 0) is 56.9 Å². The zero-order valence-electron chi connectivity index (χ0n) is 19.2. The van der Waals surface area contributed by atoms with E-state index in [1.165, 1.54) is 18.2 Å². The minimum Gasteiger partial charge on any atom is -0.373 e. The Morgan fingerprint density at radius 3 is 2.58 bits per heavy atom. The highest BCUT2D eigenvalue weighted by molar-refractivity contribution is 5.89. The molecule has 1 saturated carbocycles. The van der Waals surface area contributed by atoms with Gasteiger partial charge >= 0.3 is 0 Å². The number of halogens is 3. The molecule has 2 unspecified atom stereocenters. The molecule has 4 nitrogen and oxygen atoms in total. The topological polar surface area (TPSA) is 38.8 Å². The number of amides is 1. The molecule has 33 heavy (non-hydrogen) atoms. The van der Waals surface area contributed by atoms with Crippen LogP contribution < -0.4 is 0 Å². The SMILES string of the molecule is C/C=C\C=C(\F)C(COC1CC2(C1)OC1CCC(c3cc(F)cc(F)c3)N1C2=O)=C(C)CC. The first-order chi connectivity index (χ1) is 15.8. The van der Waals surface area contributed by atoms with E-state index in [4.69, 9.17) is 9.47 Å². The molecule has 1 aliphatic carbocycles. The molecule has 2 saturated heterocycles. The molecule has 2 atom stereocenters. The third kappa shape index (κ3) is 4.53. The number of rotatable bonds is 7. The van der Waals surface area contributed by atoms with Crippen molar-refractivity contribution in [3.8, 4) is 0 Å². The molecule has 4 rings (SSSR count).